The Morgan fingerprint density at radius 2 is 1.91 bits per heavy atom. The number of hydrogen-bond donors (Lipinski definition) is 0. The Balaban J connectivity index is 1.48. The molecule has 0 N–H and O–H groups in total. The van der Waals surface area contributed by atoms with Gasteiger partial charge in [0.1, 0.15) is 5.75 Å². The van der Waals surface area contributed by atoms with Crippen molar-refractivity contribution in [2.45, 2.75) is 19.9 Å². The second kappa shape index (κ2) is 9.00. The van der Waals surface area contributed by atoms with Crippen molar-refractivity contribution >= 4 is 51.4 Å². The van der Waals surface area contributed by atoms with Crippen molar-refractivity contribution in [3.05, 3.63) is 69.6 Å². The lowest BCUT2D eigenvalue weighted by Crippen LogP contribution is -2.27. The van der Waals surface area contributed by atoms with Gasteiger partial charge in [-0.15, -0.1) is 0 Å². The molecule has 5 rings (SSSR count). The van der Waals surface area contributed by atoms with E-state index in [1.807, 2.05) is 43.3 Å². The van der Waals surface area contributed by atoms with E-state index >= 15 is 0 Å². The summed E-state index contributed by atoms with van der Waals surface area (Å²) in [7, 11) is 0. The first kappa shape index (κ1) is 21.7. The van der Waals surface area contributed by atoms with Crippen molar-refractivity contribution < 1.29 is 23.8 Å². The maximum absolute atomic E-state index is 13.2. The third-order valence-electron chi connectivity index (χ3n) is 5.41. The fourth-order valence-corrected chi connectivity index (χ4v) is 4.81. The van der Waals surface area contributed by atoms with Gasteiger partial charge in [-0.3, -0.25) is 14.5 Å². The summed E-state index contributed by atoms with van der Waals surface area (Å²) in [5, 5.41) is 2.04. The van der Waals surface area contributed by atoms with Crippen LogP contribution < -0.4 is 14.2 Å². The SMILES string of the molecule is CCCOc1ccc2ccccc2c1/C=C1\SC(=O)N(Cc2cc3c(cc2Cl)OCO3)C1=O. The number of amides is 2. The van der Waals surface area contributed by atoms with E-state index in [1.54, 1.807) is 18.2 Å². The van der Waals surface area contributed by atoms with Crippen molar-refractivity contribution in [3.8, 4) is 17.2 Å². The molecule has 0 unspecified atom stereocenters. The number of hydrogen-bond acceptors (Lipinski definition) is 6. The Labute approximate surface area is 200 Å². The lowest BCUT2D eigenvalue weighted by Gasteiger charge is -2.14. The molecule has 0 aromatic heterocycles. The molecule has 6 nitrogen and oxygen atoms in total. The number of carbonyl (C=O) groups excluding carboxylic acids is 2. The first-order chi connectivity index (χ1) is 16.0. The van der Waals surface area contributed by atoms with Crippen LogP contribution in [-0.2, 0) is 11.3 Å². The molecule has 1 saturated heterocycles. The van der Waals surface area contributed by atoms with Gasteiger partial charge in [0.05, 0.1) is 18.1 Å². The van der Waals surface area contributed by atoms with Gasteiger partial charge in [-0.2, -0.15) is 0 Å². The van der Waals surface area contributed by atoms with Crippen molar-refractivity contribution in [1.82, 2.24) is 4.90 Å². The van der Waals surface area contributed by atoms with Crippen LogP contribution in [0.5, 0.6) is 17.2 Å². The van der Waals surface area contributed by atoms with Crippen LogP contribution in [0.2, 0.25) is 5.02 Å². The third-order valence-corrected chi connectivity index (χ3v) is 6.67. The quantitative estimate of drug-likeness (QED) is 0.388. The molecule has 3 aromatic rings. The Hall–Kier alpha value is -3.16. The van der Waals surface area contributed by atoms with Crippen LogP contribution in [0.25, 0.3) is 16.8 Å². The highest BCUT2D eigenvalue weighted by Gasteiger charge is 2.36. The normalized spacial score (nSPS) is 16.3. The van der Waals surface area contributed by atoms with E-state index in [0.29, 0.717) is 39.3 Å². The molecule has 2 amide bonds. The molecule has 2 aliphatic rings. The van der Waals surface area contributed by atoms with Crippen LogP contribution in [0.1, 0.15) is 24.5 Å². The van der Waals surface area contributed by atoms with Crippen LogP contribution >= 0.6 is 23.4 Å². The molecule has 33 heavy (non-hydrogen) atoms. The van der Waals surface area contributed by atoms with Crippen LogP contribution in [-0.4, -0.2) is 29.4 Å². The van der Waals surface area contributed by atoms with Crippen molar-refractivity contribution in [2.24, 2.45) is 0 Å². The number of halogens is 1. The lowest BCUT2D eigenvalue weighted by atomic mass is 10.0. The minimum absolute atomic E-state index is 0.0478. The van der Waals surface area contributed by atoms with Gasteiger partial charge in [0.25, 0.3) is 11.1 Å². The summed E-state index contributed by atoms with van der Waals surface area (Å²) in [6.45, 7) is 2.76. The fourth-order valence-electron chi connectivity index (χ4n) is 3.78. The minimum Gasteiger partial charge on any atom is -0.493 e. The zero-order valence-corrected chi connectivity index (χ0v) is 19.4. The summed E-state index contributed by atoms with van der Waals surface area (Å²) in [6, 6.07) is 15.1. The van der Waals surface area contributed by atoms with Crippen LogP contribution in [0.3, 0.4) is 0 Å². The van der Waals surface area contributed by atoms with Gasteiger partial charge in [-0.25, -0.2) is 0 Å². The van der Waals surface area contributed by atoms with E-state index in [2.05, 4.69) is 0 Å². The number of rotatable bonds is 6. The molecule has 8 heteroatoms. The highest BCUT2D eigenvalue weighted by Crippen LogP contribution is 2.40. The maximum Gasteiger partial charge on any atom is 0.293 e. The molecular formula is C25H20ClNO5S. The van der Waals surface area contributed by atoms with Gasteiger partial charge in [0, 0.05) is 16.7 Å². The molecule has 0 atom stereocenters. The number of thioether (sulfide) groups is 1. The topological polar surface area (TPSA) is 65.1 Å². The number of fused-ring (bicyclic) bond motifs is 2. The maximum atomic E-state index is 13.2. The van der Waals surface area contributed by atoms with Gasteiger partial charge in [0.2, 0.25) is 6.79 Å². The average molecular weight is 482 g/mol. The summed E-state index contributed by atoms with van der Waals surface area (Å²) in [5.74, 6) is 1.41. The summed E-state index contributed by atoms with van der Waals surface area (Å²) in [4.78, 5) is 27.5. The predicted molar refractivity (Wildman–Crippen MR) is 129 cm³/mol. The van der Waals surface area contributed by atoms with E-state index in [-0.39, 0.29) is 24.5 Å². The summed E-state index contributed by atoms with van der Waals surface area (Å²) in [6.07, 6.45) is 2.61. The van der Waals surface area contributed by atoms with Gasteiger partial charge >= 0.3 is 0 Å². The van der Waals surface area contributed by atoms with Gasteiger partial charge in [-0.1, -0.05) is 48.9 Å². The van der Waals surface area contributed by atoms with E-state index in [9.17, 15) is 9.59 Å². The molecular weight excluding hydrogens is 462 g/mol. The van der Waals surface area contributed by atoms with E-state index in [4.69, 9.17) is 25.8 Å². The summed E-state index contributed by atoms with van der Waals surface area (Å²) < 4.78 is 16.7. The largest absolute Gasteiger partial charge is 0.493 e. The fraction of sp³-hybridized carbons (Fsp3) is 0.200. The van der Waals surface area contributed by atoms with Crippen LogP contribution in [0, 0.1) is 0 Å². The minimum atomic E-state index is -0.367. The third kappa shape index (κ3) is 4.14. The predicted octanol–water partition coefficient (Wildman–Crippen LogP) is 6.25. The van der Waals surface area contributed by atoms with Gasteiger partial charge in [0.15, 0.2) is 11.5 Å². The van der Waals surface area contributed by atoms with Gasteiger partial charge < -0.3 is 14.2 Å². The molecule has 3 aromatic carbocycles. The molecule has 168 valence electrons. The van der Waals surface area contributed by atoms with Crippen molar-refractivity contribution in [2.75, 3.05) is 13.4 Å². The Morgan fingerprint density at radius 1 is 1.12 bits per heavy atom. The van der Waals surface area contributed by atoms with Crippen LogP contribution in [0.15, 0.2) is 53.4 Å². The highest BCUT2D eigenvalue weighted by molar-refractivity contribution is 8.18. The van der Waals surface area contributed by atoms with Gasteiger partial charge in [-0.05, 0) is 52.7 Å². The van der Waals surface area contributed by atoms with Crippen molar-refractivity contribution in [3.63, 3.8) is 0 Å². The molecule has 0 spiro atoms. The van der Waals surface area contributed by atoms with E-state index in [0.717, 1.165) is 34.5 Å². The number of benzene rings is 3. The highest BCUT2D eigenvalue weighted by atomic mass is 35.5. The first-order valence-electron chi connectivity index (χ1n) is 10.5. The Morgan fingerprint density at radius 3 is 2.73 bits per heavy atom. The Kier molecular flexibility index (Phi) is 5.91. The number of carbonyl (C=O) groups is 2. The van der Waals surface area contributed by atoms with Crippen molar-refractivity contribution in [1.29, 1.82) is 0 Å². The molecule has 0 aliphatic carbocycles. The summed E-state index contributed by atoms with van der Waals surface area (Å²) >= 11 is 7.27. The Bertz CT molecular complexity index is 1310. The molecule has 2 heterocycles. The standard InChI is InChI=1S/C25H20ClNO5S/c1-2-9-30-20-8-7-15-5-3-4-6-17(15)18(20)11-23-24(28)27(25(29)33-23)13-16-10-21-22(12-19(16)26)32-14-31-21/h3-8,10-12H,2,9,13-14H2,1H3/b23-11-. The zero-order chi connectivity index (χ0) is 22.9. The monoisotopic (exact) mass is 481 g/mol. The second-order valence-corrected chi connectivity index (χ2v) is 9.01. The second-order valence-electron chi connectivity index (χ2n) is 7.61. The average Bonchev–Trinajstić information content (AvgIpc) is 3.37. The molecule has 0 saturated carbocycles. The number of ether oxygens (including phenoxy) is 3. The molecule has 1 fully saturated rings. The lowest BCUT2D eigenvalue weighted by molar-refractivity contribution is -0.123. The molecule has 2 aliphatic heterocycles. The van der Waals surface area contributed by atoms with E-state index in [1.165, 1.54) is 4.90 Å². The first-order valence-corrected chi connectivity index (χ1v) is 11.7. The summed E-state index contributed by atoms with van der Waals surface area (Å²) in [5.41, 5.74) is 1.40. The molecule has 0 bridgehead atoms. The number of imide groups is 1. The number of nitrogens with zero attached hydrogens (tertiary/aromatic N) is 1. The molecule has 0 radical (unpaired) electrons. The van der Waals surface area contributed by atoms with E-state index < -0.39 is 0 Å². The van der Waals surface area contributed by atoms with Crippen LogP contribution in [0.4, 0.5) is 4.79 Å². The smallest absolute Gasteiger partial charge is 0.293 e. The zero-order valence-electron chi connectivity index (χ0n) is 17.8.